The van der Waals surface area contributed by atoms with Crippen LogP contribution in [0.15, 0.2) is 6.20 Å². The van der Waals surface area contributed by atoms with Crippen LogP contribution < -0.4 is 5.32 Å². The molecular weight excluding hydrogens is 222 g/mol. The van der Waals surface area contributed by atoms with E-state index in [4.69, 9.17) is 4.98 Å². The van der Waals surface area contributed by atoms with Gasteiger partial charge in [-0.15, -0.1) is 0 Å². The summed E-state index contributed by atoms with van der Waals surface area (Å²) in [6.45, 7) is 6.59. The Labute approximate surface area is 110 Å². The maximum Gasteiger partial charge on any atom is 0.131 e. The van der Waals surface area contributed by atoms with Gasteiger partial charge in [-0.25, -0.2) is 9.97 Å². The molecule has 1 N–H and O–H groups in total. The minimum Gasteiger partial charge on any atom is -0.313 e. The molecule has 1 aromatic heterocycles. The van der Waals surface area contributed by atoms with Gasteiger partial charge >= 0.3 is 0 Å². The van der Waals surface area contributed by atoms with Crippen LogP contribution in [-0.2, 0) is 0 Å². The summed E-state index contributed by atoms with van der Waals surface area (Å²) in [7, 11) is 1.97. The molecule has 0 aromatic carbocycles. The highest BCUT2D eigenvalue weighted by atomic mass is 14.9. The molecule has 100 valence electrons. The third-order valence-corrected chi connectivity index (χ3v) is 4.32. The zero-order valence-electron chi connectivity index (χ0n) is 12.0. The van der Waals surface area contributed by atoms with Crippen LogP contribution in [-0.4, -0.2) is 17.0 Å². The average molecular weight is 247 g/mol. The Kier molecular flexibility index (Phi) is 4.33. The van der Waals surface area contributed by atoms with Gasteiger partial charge in [0.1, 0.15) is 5.82 Å². The largest absolute Gasteiger partial charge is 0.313 e. The van der Waals surface area contributed by atoms with Gasteiger partial charge in [-0.2, -0.15) is 0 Å². The smallest absolute Gasteiger partial charge is 0.131 e. The van der Waals surface area contributed by atoms with E-state index in [0.717, 1.165) is 17.4 Å². The minimum atomic E-state index is 0.324. The summed E-state index contributed by atoms with van der Waals surface area (Å²) in [5, 5.41) is 3.25. The van der Waals surface area contributed by atoms with Crippen LogP contribution in [0.1, 0.15) is 68.6 Å². The van der Waals surface area contributed by atoms with Crippen molar-refractivity contribution < 1.29 is 0 Å². The first-order chi connectivity index (χ1) is 8.61. The summed E-state index contributed by atoms with van der Waals surface area (Å²) in [5.74, 6) is 2.52. The maximum absolute atomic E-state index is 4.74. The predicted molar refractivity (Wildman–Crippen MR) is 74.6 cm³/mol. The summed E-state index contributed by atoms with van der Waals surface area (Å²) < 4.78 is 0. The zero-order valence-corrected chi connectivity index (χ0v) is 12.0. The van der Waals surface area contributed by atoms with Gasteiger partial charge < -0.3 is 5.32 Å². The fourth-order valence-corrected chi connectivity index (χ4v) is 2.79. The first-order valence-electron chi connectivity index (χ1n) is 7.12. The normalized spacial score (nSPS) is 26.0. The van der Waals surface area contributed by atoms with Gasteiger partial charge in [-0.1, -0.05) is 19.8 Å². The molecule has 1 unspecified atom stereocenters. The first-order valence-corrected chi connectivity index (χ1v) is 7.12. The summed E-state index contributed by atoms with van der Waals surface area (Å²) >= 11 is 0. The van der Waals surface area contributed by atoms with Gasteiger partial charge in [-0.3, -0.25) is 0 Å². The van der Waals surface area contributed by atoms with Crippen LogP contribution >= 0.6 is 0 Å². The molecule has 0 spiro atoms. The fraction of sp³-hybridized carbons (Fsp3) is 0.733. The Morgan fingerprint density at radius 3 is 2.50 bits per heavy atom. The van der Waals surface area contributed by atoms with E-state index in [1.54, 1.807) is 0 Å². The highest BCUT2D eigenvalue weighted by Gasteiger charge is 2.22. The lowest BCUT2D eigenvalue weighted by molar-refractivity contribution is 0.339. The van der Waals surface area contributed by atoms with Crippen molar-refractivity contribution in [2.45, 2.75) is 58.4 Å². The molecule has 3 nitrogen and oxygen atoms in total. The number of hydrogen-bond donors (Lipinski definition) is 1. The topological polar surface area (TPSA) is 37.8 Å². The van der Waals surface area contributed by atoms with Crippen LogP contribution in [0.2, 0.25) is 0 Å². The quantitative estimate of drug-likeness (QED) is 0.890. The molecule has 1 atom stereocenters. The SMILES string of the molecule is CNC(C)c1cnc(C2CCC(C)CC2)nc1C. The number of aryl methyl sites for hydroxylation is 1. The van der Waals surface area contributed by atoms with E-state index >= 15 is 0 Å². The molecule has 1 aliphatic carbocycles. The second kappa shape index (κ2) is 5.79. The second-order valence-electron chi connectivity index (χ2n) is 5.74. The monoisotopic (exact) mass is 247 g/mol. The van der Waals surface area contributed by atoms with Crippen molar-refractivity contribution in [3.63, 3.8) is 0 Å². The second-order valence-corrected chi connectivity index (χ2v) is 5.74. The van der Waals surface area contributed by atoms with Crippen LogP contribution in [0, 0.1) is 12.8 Å². The van der Waals surface area contributed by atoms with E-state index in [2.05, 4.69) is 31.1 Å². The third-order valence-electron chi connectivity index (χ3n) is 4.32. The number of aromatic nitrogens is 2. The molecule has 1 aromatic rings. The van der Waals surface area contributed by atoms with Crippen molar-refractivity contribution >= 4 is 0 Å². The predicted octanol–water partition coefficient (Wildman–Crippen LogP) is 3.36. The van der Waals surface area contributed by atoms with Gasteiger partial charge in [-0.05, 0) is 39.7 Å². The highest BCUT2D eigenvalue weighted by molar-refractivity contribution is 5.20. The lowest BCUT2D eigenvalue weighted by Gasteiger charge is -2.25. The van der Waals surface area contributed by atoms with Gasteiger partial charge in [0.15, 0.2) is 0 Å². The molecule has 1 aliphatic rings. The van der Waals surface area contributed by atoms with E-state index < -0.39 is 0 Å². The van der Waals surface area contributed by atoms with E-state index in [-0.39, 0.29) is 0 Å². The molecule has 0 bridgehead atoms. The first kappa shape index (κ1) is 13.5. The lowest BCUT2D eigenvalue weighted by atomic mass is 9.82. The average Bonchev–Trinajstić information content (AvgIpc) is 2.38. The van der Waals surface area contributed by atoms with E-state index in [0.29, 0.717) is 12.0 Å². The molecule has 0 radical (unpaired) electrons. The Balaban J connectivity index is 2.13. The minimum absolute atomic E-state index is 0.324. The van der Waals surface area contributed by atoms with Crippen LogP contribution in [0.25, 0.3) is 0 Å². The van der Waals surface area contributed by atoms with Gasteiger partial charge in [0.05, 0.1) is 0 Å². The standard InChI is InChI=1S/C15H25N3/c1-10-5-7-13(8-6-10)15-17-9-14(11(2)16-4)12(3)18-15/h9-11,13,16H,5-8H2,1-4H3. The molecule has 2 rings (SSSR count). The number of nitrogens with one attached hydrogen (secondary N) is 1. The van der Waals surface area contributed by atoms with Crippen molar-refractivity contribution in [2.75, 3.05) is 7.05 Å². The van der Waals surface area contributed by atoms with Crippen molar-refractivity contribution in [2.24, 2.45) is 5.92 Å². The Morgan fingerprint density at radius 1 is 1.28 bits per heavy atom. The number of rotatable bonds is 3. The van der Waals surface area contributed by atoms with E-state index in [9.17, 15) is 0 Å². The summed E-state index contributed by atoms with van der Waals surface area (Å²) in [5.41, 5.74) is 2.34. The van der Waals surface area contributed by atoms with Gasteiger partial charge in [0.25, 0.3) is 0 Å². The van der Waals surface area contributed by atoms with Gasteiger partial charge in [0.2, 0.25) is 0 Å². The molecule has 3 heteroatoms. The highest BCUT2D eigenvalue weighted by Crippen LogP contribution is 2.34. The zero-order chi connectivity index (χ0) is 13.1. The maximum atomic E-state index is 4.74. The Hall–Kier alpha value is -0.960. The summed E-state index contributed by atoms with van der Waals surface area (Å²) in [4.78, 5) is 9.35. The third kappa shape index (κ3) is 2.89. The van der Waals surface area contributed by atoms with Crippen molar-refractivity contribution in [1.29, 1.82) is 0 Å². The lowest BCUT2D eigenvalue weighted by Crippen LogP contribution is -2.18. The van der Waals surface area contributed by atoms with E-state index in [1.165, 1.54) is 31.2 Å². The Bertz CT molecular complexity index is 395. The van der Waals surface area contributed by atoms with Crippen LogP contribution in [0.4, 0.5) is 0 Å². The van der Waals surface area contributed by atoms with E-state index in [1.807, 2.05) is 13.2 Å². The number of hydrogen-bond acceptors (Lipinski definition) is 3. The number of nitrogens with zero attached hydrogens (tertiary/aromatic N) is 2. The molecule has 0 aliphatic heterocycles. The van der Waals surface area contributed by atoms with Crippen molar-refractivity contribution in [1.82, 2.24) is 15.3 Å². The molecular formula is C15H25N3. The van der Waals surface area contributed by atoms with Gasteiger partial charge in [0, 0.05) is 29.4 Å². The molecule has 0 amide bonds. The summed E-state index contributed by atoms with van der Waals surface area (Å²) in [6.07, 6.45) is 7.16. The van der Waals surface area contributed by atoms with Crippen LogP contribution in [0.3, 0.4) is 0 Å². The molecule has 1 saturated carbocycles. The van der Waals surface area contributed by atoms with Crippen LogP contribution in [0.5, 0.6) is 0 Å². The van der Waals surface area contributed by atoms with Crippen molar-refractivity contribution in [3.8, 4) is 0 Å². The molecule has 0 saturated heterocycles. The fourth-order valence-electron chi connectivity index (χ4n) is 2.79. The summed E-state index contributed by atoms with van der Waals surface area (Å²) in [6, 6.07) is 0.324. The molecule has 18 heavy (non-hydrogen) atoms. The van der Waals surface area contributed by atoms with Crippen molar-refractivity contribution in [3.05, 3.63) is 23.3 Å². The Morgan fingerprint density at radius 2 is 1.94 bits per heavy atom. The molecule has 1 fully saturated rings. The molecule has 1 heterocycles.